The quantitative estimate of drug-likeness (QED) is 0.814. The number of benzene rings is 1. The fraction of sp³-hybridized carbons (Fsp3) is 0.625. The van der Waals surface area contributed by atoms with Gasteiger partial charge in [0.25, 0.3) is 0 Å². The van der Waals surface area contributed by atoms with E-state index in [1.165, 1.54) is 11.1 Å². The van der Waals surface area contributed by atoms with Crippen molar-refractivity contribution in [3.05, 3.63) is 34.9 Å². The van der Waals surface area contributed by atoms with Crippen LogP contribution in [0, 0.1) is 0 Å². The number of hydrogen-bond acceptors (Lipinski definition) is 1. The number of aliphatic hydroxyl groups is 1. The van der Waals surface area contributed by atoms with Crippen molar-refractivity contribution in [1.82, 2.24) is 0 Å². The number of hydrogen-bond donors (Lipinski definition) is 1. The van der Waals surface area contributed by atoms with Crippen molar-refractivity contribution in [2.45, 2.75) is 64.4 Å². The minimum Gasteiger partial charge on any atom is -0.388 e. The van der Waals surface area contributed by atoms with Crippen LogP contribution in [0.1, 0.15) is 70.3 Å². The summed E-state index contributed by atoms with van der Waals surface area (Å²) in [6, 6.07) is 6.68. The molecule has 0 bridgehead atoms. The molecule has 1 heteroatoms. The molecule has 2 rings (SSSR count). The number of rotatable bonds is 2. The summed E-state index contributed by atoms with van der Waals surface area (Å²) in [5.41, 5.74) is 4.12. The van der Waals surface area contributed by atoms with Crippen molar-refractivity contribution < 1.29 is 5.11 Å². The van der Waals surface area contributed by atoms with Gasteiger partial charge < -0.3 is 5.11 Å². The molecule has 1 nitrogen and oxygen atoms in total. The van der Waals surface area contributed by atoms with Gasteiger partial charge >= 0.3 is 0 Å². The van der Waals surface area contributed by atoms with E-state index in [2.05, 4.69) is 52.8 Å². The molecule has 0 amide bonds. The Bertz CT molecular complexity index is 429. The lowest BCUT2D eigenvalue weighted by Crippen LogP contribution is -2.16. The van der Waals surface area contributed by atoms with Gasteiger partial charge in [0.1, 0.15) is 0 Å². The zero-order chi connectivity index (χ0) is 12.8. The minimum atomic E-state index is -0.285. The third-order valence-electron chi connectivity index (χ3n) is 4.51. The molecular formula is C16H24O. The number of aliphatic hydroxyl groups excluding tert-OH is 1. The lowest BCUT2D eigenvalue weighted by Gasteiger charge is -2.25. The van der Waals surface area contributed by atoms with E-state index in [9.17, 15) is 5.11 Å². The van der Waals surface area contributed by atoms with Crippen LogP contribution in [-0.4, -0.2) is 5.11 Å². The first-order valence-corrected chi connectivity index (χ1v) is 6.61. The highest BCUT2D eigenvalue weighted by atomic mass is 16.3. The monoisotopic (exact) mass is 232 g/mol. The van der Waals surface area contributed by atoms with Crippen molar-refractivity contribution in [2.75, 3.05) is 0 Å². The number of fused-ring (bicyclic) bond motifs is 1. The minimum absolute atomic E-state index is 0.115. The average molecular weight is 232 g/mol. The molecule has 0 heterocycles. The highest BCUT2D eigenvalue weighted by molar-refractivity contribution is 5.44. The predicted molar refractivity (Wildman–Crippen MR) is 72.4 cm³/mol. The van der Waals surface area contributed by atoms with Crippen LogP contribution in [0.25, 0.3) is 0 Å². The summed E-state index contributed by atoms with van der Waals surface area (Å²) in [5.74, 6) is 0. The largest absolute Gasteiger partial charge is 0.388 e. The van der Waals surface area contributed by atoms with E-state index in [4.69, 9.17) is 0 Å². The molecule has 0 aliphatic heterocycles. The SMILES string of the molecule is CCC(C)(C)c1ccc2c(c1)C(O)CC2(C)C. The van der Waals surface area contributed by atoms with Gasteiger partial charge in [0, 0.05) is 0 Å². The van der Waals surface area contributed by atoms with E-state index in [0.717, 1.165) is 18.4 Å². The Morgan fingerprint density at radius 3 is 2.59 bits per heavy atom. The second-order valence-electron chi connectivity index (χ2n) is 6.64. The predicted octanol–water partition coefficient (Wildman–Crippen LogP) is 4.09. The van der Waals surface area contributed by atoms with Gasteiger partial charge in [-0.1, -0.05) is 52.8 Å². The van der Waals surface area contributed by atoms with Crippen LogP contribution in [0.4, 0.5) is 0 Å². The van der Waals surface area contributed by atoms with Gasteiger partial charge in [-0.2, -0.15) is 0 Å². The summed E-state index contributed by atoms with van der Waals surface area (Å²) in [7, 11) is 0. The van der Waals surface area contributed by atoms with E-state index in [0.29, 0.717) is 0 Å². The van der Waals surface area contributed by atoms with Crippen molar-refractivity contribution >= 4 is 0 Å². The highest BCUT2D eigenvalue weighted by Crippen LogP contribution is 2.45. The maximum Gasteiger partial charge on any atom is 0.0801 e. The van der Waals surface area contributed by atoms with E-state index in [1.54, 1.807) is 0 Å². The van der Waals surface area contributed by atoms with Crippen LogP contribution in [0.3, 0.4) is 0 Å². The molecule has 1 atom stereocenters. The Kier molecular flexibility index (Phi) is 2.86. The maximum atomic E-state index is 10.2. The Labute approximate surface area is 105 Å². The molecular weight excluding hydrogens is 208 g/mol. The standard InChI is InChI=1S/C16H24O/c1-6-15(2,3)11-7-8-13-12(9-11)14(17)10-16(13,4)5/h7-9,14,17H,6,10H2,1-5H3. The molecule has 1 aromatic carbocycles. The van der Waals surface area contributed by atoms with Gasteiger partial charge in [-0.25, -0.2) is 0 Å². The highest BCUT2D eigenvalue weighted by Gasteiger charge is 2.36. The lowest BCUT2D eigenvalue weighted by molar-refractivity contribution is 0.161. The average Bonchev–Trinajstić information content (AvgIpc) is 2.49. The Morgan fingerprint density at radius 2 is 2.00 bits per heavy atom. The second-order valence-corrected chi connectivity index (χ2v) is 6.64. The Balaban J connectivity index is 2.50. The summed E-state index contributed by atoms with van der Waals surface area (Å²) in [5, 5.41) is 10.2. The van der Waals surface area contributed by atoms with Crippen LogP contribution in [-0.2, 0) is 10.8 Å². The van der Waals surface area contributed by atoms with Gasteiger partial charge in [-0.05, 0) is 40.4 Å². The van der Waals surface area contributed by atoms with Crippen LogP contribution >= 0.6 is 0 Å². The normalized spacial score (nSPS) is 22.6. The maximum absolute atomic E-state index is 10.2. The molecule has 1 aliphatic carbocycles. The van der Waals surface area contributed by atoms with Crippen LogP contribution in [0.5, 0.6) is 0 Å². The molecule has 1 unspecified atom stereocenters. The zero-order valence-electron chi connectivity index (χ0n) is 11.7. The summed E-state index contributed by atoms with van der Waals surface area (Å²) in [6.45, 7) is 11.2. The molecule has 94 valence electrons. The Morgan fingerprint density at radius 1 is 1.35 bits per heavy atom. The Hall–Kier alpha value is -0.820. The van der Waals surface area contributed by atoms with Gasteiger partial charge in [-0.3, -0.25) is 0 Å². The molecule has 0 radical (unpaired) electrons. The molecule has 1 aromatic rings. The van der Waals surface area contributed by atoms with Gasteiger partial charge in [0.15, 0.2) is 0 Å². The molecule has 0 spiro atoms. The van der Waals surface area contributed by atoms with Crippen molar-refractivity contribution in [3.8, 4) is 0 Å². The molecule has 0 saturated carbocycles. The van der Waals surface area contributed by atoms with Gasteiger partial charge in [0.05, 0.1) is 6.10 Å². The molecule has 0 aromatic heterocycles. The first-order valence-electron chi connectivity index (χ1n) is 6.61. The van der Waals surface area contributed by atoms with Crippen LogP contribution in [0.2, 0.25) is 0 Å². The fourth-order valence-corrected chi connectivity index (χ4v) is 2.78. The van der Waals surface area contributed by atoms with E-state index in [1.807, 2.05) is 0 Å². The van der Waals surface area contributed by atoms with E-state index in [-0.39, 0.29) is 16.9 Å². The molecule has 1 N–H and O–H groups in total. The summed E-state index contributed by atoms with van der Waals surface area (Å²) in [4.78, 5) is 0. The van der Waals surface area contributed by atoms with Crippen molar-refractivity contribution in [1.29, 1.82) is 0 Å². The fourth-order valence-electron chi connectivity index (χ4n) is 2.78. The lowest BCUT2D eigenvalue weighted by atomic mass is 9.79. The summed E-state index contributed by atoms with van der Waals surface area (Å²) < 4.78 is 0. The summed E-state index contributed by atoms with van der Waals surface area (Å²) in [6.07, 6.45) is 1.68. The van der Waals surface area contributed by atoms with Crippen LogP contribution < -0.4 is 0 Å². The van der Waals surface area contributed by atoms with Crippen molar-refractivity contribution in [3.63, 3.8) is 0 Å². The zero-order valence-corrected chi connectivity index (χ0v) is 11.7. The van der Waals surface area contributed by atoms with E-state index < -0.39 is 0 Å². The molecule has 0 fully saturated rings. The molecule has 0 saturated heterocycles. The smallest absolute Gasteiger partial charge is 0.0801 e. The third-order valence-corrected chi connectivity index (χ3v) is 4.51. The van der Waals surface area contributed by atoms with Gasteiger partial charge in [0.2, 0.25) is 0 Å². The first-order chi connectivity index (χ1) is 7.78. The van der Waals surface area contributed by atoms with Crippen molar-refractivity contribution in [2.24, 2.45) is 0 Å². The first kappa shape index (κ1) is 12.6. The second kappa shape index (κ2) is 3.84. The van der Waals surface area contributed by atoms with E-state index >= 15 is 0 Å². The topological polar surface area (TPSA) is 20.2 Å². The molecule has 1 aliphatic rings. The molecule has 17 heavy (non-hydrogen) atoms. The third kappa shape index (κ3) is 2.01. The van der Waals surface area contributed by atoms with Crippen LogP contribution in [0.15, 0.2) is 18.2 Å². The summed E-state index contributed by atoms with van der Waals surface area (Å²) >= 11 is 0. The van der Waals surface area contributed by atoms with Gasteiger partial charge in [-0.15, -0.1) is 0 Å².